The van der Waals surface area contributed by atoms with Gasteiger partial charge >= 0.3 is 5.97 Å². The topological polar surface area (TPSA) is 79.1 Å². The number of benzene rings is 1. The van der Waals surface area contributed by atoms with E-state index in [0.29, 0.717) is 5.56 Å². The zero-order valence-corrected chi connectivity index (χ0v) is 9.88. The molecule has 0 unspecified atom stereocenters. The molecule has 1 heterocycles. The van der Waals surface area contributed by atoms with Gasteiger partial charge in [-0.2, -0.15) is 0 Å². The van der Waals surface area contributed by atoms with E-state index >= 15 is 0 Å². The van der Waals surface area contributed by atoms with Crippen LogP contribution in [0.25, 0.3) is 5.57 Å². The molecule has 5 heteroatoms. The molecule has 0 radical (unpaired) electrons. The van der Waals surface area contributed by atoms with Gasteiger partial charge < -0.3 is 5.11 Å². The van der Waals surface area contributed by atoms with E-state index in [1.807, 2.05) is 12.1 Å². The number of rotatable bonds is 4. The maximum Gasteiger partial charge on any atom is 0.357 e. The van der Waals surface area contributed by atoms with Crippen molar-refractivity contribution in [2.75, 3.05) is 0 Å². The van der Waals surface area contributed by atoms with Crippen molar-refractivity contribution in [1.82, 2.24) is 0 Å². The van der Waals surface area contributed by atoms with Crippen LogP contribution in [-0.2, 0) is 16.0 Å². The largest absolute Gasteiger partial charge is 0.476 e. The van der Waals surface area contributed by atoms with Crippen molar-refractivity contribution in [1.29, 1.82) is 0 Å². The summed E-state index contributed by atoms with van der Waals surface area (Å²) in [4.78, 5) is 22.5. The number of amides is 1. The summed E-state index contributed by atoms with van der Waals surface area (Å²) in [6.07, 6.45) is 1.99. The second kappa shape index (κ2) is 4.91. The molecule has 1 aliphatic heterocycles. The number of carbonyl (C=O) groups excluding carboxylic acids is 1. The maximum absolute atomic E-state index is 11.5. The number of hydrogen-bond donors (Lipinski definition) is 1. The second-order valence-electron chi connectivity index (χ2n) is 3.98. The summed E-state index contributed by atoms with van der Waals surface area (Å²) in [6.45, 7) is 2.08. The van der Waals surface area contributed by atoms with Crippen LogP contribution in [0.3, 0.4) is 0 Å². The smallest absolute Gasteiger partial charge is 0.357 e. The fourth-order valence-corrected chi connectivity index (χ4v) is 1.83. The molecule has 1 amide bonds. The predicted molar refractivity (Wildman–Crippen MR) is 64.9 cm³/mol. The Labute approximate surface area is 104 Å². The molecule has 0 bridgehead atoms. The minimum absolute atomic E-state index is 0.0607. The summed E-state index contributed by atoms with van der Waals surface area (Å²) in [7, 11) is 0. The Morgan fingerprint density at radius 1 is 1.22 bits per heavy atom. The van der Waals surface area contributed by atoms with E-state index in [1.165, 1.54) is 0 Å². The van der Waals surface area contributed by atoms with Crippen LogP contribution >= 0.6 is 0 Å². The Balaban J connectivity index is 2.39. The number of aliphatic carboxylic acids is 1. The van der Waals surface area contributed by atoms with Gasteiger partial charge in [-0.1, -0.05) is 37.6 Å². The lowest BCUT2D eigenvalue weighted by molar-refractivity contribution is -0.132. The zero-order chi connectivity index (χ0) is 13.1. The van der Waals surface area contributed by atoms with E-state index in [0.717, 1.165) is 18.4 Å². The molecule has 0 aromatic heterocycles. The molecule has 5 nitrogen and oxygen atoms in total. The number of aryl methyl sites for hydroxylation is 1. The summed E-state index contributed by atoms with van der Waals surface area (Å²) < 4.78 is 0. The first kappa shape index (κ1) is 12.2. The van der Waals surface area contributed by atoms with Crippen molar-refractivity contribution in [2.24, 2.45) is 10.2 Å². The zero-order valence-electron chi connectivity index (χ0n) is 9.88. The van der Waals surface area contributed by atoms with Crippen molar-refractivity contribution in [3.63, 3.8) is 0 Å². The van der Waals surface area contributed by atoms with Gasteiger partial charge in [-0.15, -0.1) is 10.2 Å². The van der Waals surface area contributed by atoms with Crippen LogP contribution in [0.2, 0.25) is 0 Å². The third kappa shape index (κ3) is 2.20. The lowest BCUT2D eigenvalue weighted by Crippen LogP contribution is -2.03. The Hall–Kier alpha value is -2.30. The molecule has 0 spiro atoms. The van der Waals surface area contributed by atoms with Crippen LogP contribution in [0.4, 0.5) is 0 Å². The van der Waals surface area contributed by atoms with Crippen LogP contribution in [0.1, 0.15) is 24.5 Å². The van der Waals surface area contributed by atoms with Crippen LogP contribution in [-0.4, -0.2) is 17.0 Å². The van der Waals surface area contributed by atoms with Crippen LogP contribution < -0.4 is 0 Å². The highest BCUT2D eigenvalue weighted by atomic mass is 16.4. The standard InChI is InChI=1S/C13H12N2O3/c1-2-3-8-4-6-9(7-5-8)10-11(13(17)18)14-15-12(10)16/h4-7H,2-3H2,1H3,(H,17,18). The van der Waals surface area contributed by atoms with Crippen molar-refractivity contribution >= 4 is 17.4 Å². The van der Waals surface area contributed by atoms with Crippen LogP contribution in [0, 0.1) is 0 Å². The highest BCUT2D eigenvalue weighted by molar-refractivity contribution is 6.26. The first-order valence-electron chi connectivity index (χ1n) is 5.66. The Morgan fingerprint density at radius 2 is 1.89 bits per heavy atom. The van der Waals surface area contributed by atoms with Gasteiger partial charge in [-0.3, -0.25) is 4.79 Å². The minimum Gasteiger partial charge on any atom is -0.476 e. The molecule has 1 aromatic carbocycles. The second-order valence-corrected chi connectivity index (χ2v) is 3.98. The molecule has 0 saturated heterocycles. The molecule has 0 atom stereocenters. The number of azo groups is 1. The van der Waals surface area contributed by atoms with Gasteiger partial charge in [-0.05, 0) is 17.5 Å². The quantitative estimate of drug-likeness (QED) is 0.883. The Kier molecular flexibility index (Phi) is 3.32. The third-order valence-corrected chi connectivity index (χ3v) is 2.68. The maximum atomic E-state index is 11.5. The fourth-order valence-electron chi connectivity index (χ4n) is 1.83. The van der Waals surface area contributed by atoms with E-state index in [4.69, 9.17) is 5.11 Å². The number of carboxylic acid groups (broad SMARTS) is 1. The van der Waals surface area contributed by atoms with Gasteiger partial charge in [0.2, 0.25) is 0 Å². The Morgan fingerprint density at radius 3 is 2.44 bits per heavy atom. The summed E-state index contributed by atoms with van der Waals surface area (Å²) in [5.74, 6) is -1.84. The van der Waals surface area contributed by atoms with E-state index < -0.39 is 11.9 Å². The number of hydrogen-bond acceptors (Lipinski definition) is 3. The molecule has 0 fully saturated rings. The minimum atomic E-state index is -1.24. The van der Waals surface area contributed by atoms with E-state index in [2.05, 4.69) is 17.2 Å². The molecule has 1 aromatic rings. The van der Waals surface area contributed by atoms with Gasteiger partial charge in [0.15, 0.2) is 5.70 Å². The highest BCUT2D eigenvalue weighted by Gasteiger charge is 2.27. The fraction of sp³-hybridized carbons (Fsp3) is 0.231. The van der Waals surface area contributed by atoms with Crippen LogP contribution in [0.5, 0.6) is 0 Å². The summed E-state index contributed by atoms with van der Waals surface area (Å²) in [5.41, 5.74) is 1.47. The average Bonchev–Trinajstić information content (AvgIpc) is 2.73. The van der Waals surface area contributed by atoms with Gasteiger partial charge in [0.1, 0.15) is 0 Å². The molecule has 0 aliphatic carbocycles. The predicted octanol–water partition coefficient (Wildman–Crippen LogP) is 2.43. The van der Waals surface area contributed by atoms with Gasteiger partial charge in [-0.25, -0.2) is 4.79 Å². The number of carbonyl (C=O) groups is 2. The van der Waals surface area contributed by atoms with E-state index in [-0.39, 0.29) is 11.3 Å². The molecule has 92 valence electrons. The van der Waals surface area contributed by atoms with Crippen molar-refractivity contribution in [2.45, 2.75) is 19.8 Å². The monoisotopic (exact) mass is 244 g/mol. The van der Waals surface area contributed by atoms with Crippen molar-refractivity contribution in [3.05, 3.63) is 41.1 Å². The van der Waals surface area contributed by atoms with Gasteiger partial charge in [0.25, 0.3) is 5.91 Å². The first-order valence-corrected chi connectivity index (χ1v) is 5.66. The van der Waals surface area contributed by atoms with E-state index in [1.54, 1.807) is 12.1 Å². The molecular weight excluding hydrogens is 232 g/mol. The van der Waals surface area contributed by atoms with Crippen molar-refractivity contribution in [3.8, 4) is 0 Å². The number of nitrogens with zero attached hydrogens (tertiary/aromatic N) is 2. The first-order chi connectivity index (χ1) is 8.63. The summed E-state index contributed by atoms with van der Waals surface area (Å²) in [5, 5.41) is 15.6. The normalized spacial score (nSPS) is 14.4. The lowest BCUT2D eigenvalue weighted by atomic mass is 10.0. The van der Waals surface area contributed by atoms with Crippen molar-refractivity contribution < 1.29 is 14.7 Å². The molecule has 1 N–H and O–H groups in total. The number of carboxylic acids is 1. The molecule has 0 saturated carbocycles. The summed E-state index contributed by atoms with van der Waals surface area (Å²) >= 11 is 0. The molecule has 2 rings (SSSR count). The average molecular weight is 244 g/mol. The molecular formula is C13H12N2O3. The summed E-state index contributed by atoms with van der Waals surface area (Å²) in [6, 6.07) is 7.24. The van der Waals surface area contributed by atoms with E-state index in [9.17, 15) is 9.59 Å². The van der Waals surface area contributed by atoms with Crippen LogP contribution in [0.15, 0.2) is 40.2 Å². The van der Waals surface area contributed by atoms with Gasteiger partial charge in [0.05, 0.1) is 5.57 Å². The molecule has 1 aliphatic rings. The third-order valence-electron chi connectivity index (χ3n) is 2.68. The Bertz CT molecular complexity index is 556. The SMILES string of the molecule is CCCc1ccc(C2=C(C(=O)O)N=NC2=O)cc1. The van der Waals surface area contributed by atoms with Gasteiger partial charge in [0, 0.05) is 0 Å². The highest BCUT2D eigenvalue weighted by Crippen LogP contribution is 2.27. The lowest BCUT2D eigenvalue weighted by Gasteiger charge is -2.03. The molecule has 18 heavy (non-hydrogen) atoms.